The van der Waals surface area contributed by atoms with Crippen molar-refractivity contribution < 1.29 is 14.0 Å². The Balaban J connectivity index is 1.48. The summed E-state index contributed by atoms with van der Waals surface area (Å²) in [6.07, 6.45) is 5.27. The fraction of sp³-hybridized carbons (Fsp3) is 0.286. The van der Waals surface area contributed by atoms with E-state index in [9.17, 15) is 14.0 Å². The Hall–Kier alpha value is -2.80. The maximum atomic E-state index is 13.8. The highest BCUT2D eigenvalue weighted by molar-refractivity contribution is 7.22. The van der Waals surface area contributed by atoms with Crippen molar-refractivity contribution in [3.8, 4) is 0 Å². The monoisotopic (exact) mass is 397 g/mol. The fourth-order valence-electron chi connectivity index (χ4n) is 3.47. The summed E-state index contributed by atoms with van der Waals surface area (Å²) in [6.45, 7) is 0. The predicted molar refractivity (Wildman–Crippen MR) is 109 cm³/mol. The number of carbonyl (C=O) groups excluding carboxylic acids is 2. The minimum Gasteiger partial charge on any atom is -0.322 e. The number of amides is 2. The van der Waals surface area contributed by atoms with Crippen LogP contribution in [0.3, 0.4) is 0 Å². The zero-order valence-electron chi connectivity index (χ0n) is 15.2. The lowest BCUT2D eigenvalue weighted by Gasteiger charge is -2.19. The van der Waals surface area contributed by atoms with Crippen molar-refractivity contribution in [3.63, 3.8) is 0 Å². The number of anilines is 2. The number of rotatable bonds is 4. The van der Waals surface area contributed by atoms with E-state index in [1.54, 1.807) is 18.2 Å². The molecule has 1 aromatic heterocycles. The van der Waals surface area contributed by atoms with Crippen LogP contribution < -0.4 is 10.6 Å². The van der Waals surface area contributed by atoms with E-state index in [1.807, 2.05) is 6.07 Å². The lowest BCUT2D eigenvalue weighted by atomic mass is 9.89. The highest BCUT2D eigenvalue weighted by atomic mass is 32.1. The molecule has 0 atom stereocenters. The molecular formula is C21H20FN3O2S. The van der Waals surface area contributed by atoms with Gasteiger partial charge in [-0.1, -0.05) is 42.7 Å². The van der Waals surface area contributed by atoms with Gasteiger partial charge in [-0.2, -0.15) is 0 Å². The van der Waals surface area contributed by atoms with Crippen LogP contribution in [0.1, 0.15) is 42.5 Å². The van der Waals surface area contributed by atoms with Gasteiger partial charge in [-0.15, -0.1) is 0 Å². The molecule has 144 valence electrons. The van der Waals surface area contributed by atoms with Crippen molar-refractivity contribution in [2.75, 3.05) is 10.6 Å². The van der Waals surface area contributed by atoms with Gasteiger partial charge in [-0.05, 0) is 43.2 Å². The van der Waals surface area contributed by atoms with Crippen molar-refractivity contribution in [3.05, 3.63) is 53.8 Å². The van der Waals surface area contributed by atoms with Crippen LogP contribution in [0.25, 0.3) is 10.2 Å². The molecule has 2 N–H and O–H groups in total. The van der Waals surface area contributed by atoms with Crippen LogP contribution in [-0.2, 0) is 4.79 Å². The van der Waals surface area contributed by atoms with Crippen LogP contribution in [-0.4, -0.2) is 16.8 Å². The number of nitrogens with zero attached hydrogens (tertiary/aromatic N) is 1. The summed E-state index contributed by atoms with van der Waals surface area (Å²) in [5.74, 6) is -0.982. The van der Waals surface area contributed by atoms with Crippen molar-refractivity contribution in [1.29, 1.82) is 0 Å². The van der Waals surface area contributed by atoms with Gasteiger partial charge in [0.05, 0.1) is 15.8 Å². The summed E-state index contributed by atoms with van der Waals surface area (Å²) in [4.78, 5) is 29.1. The van der Waals surface area contributed by atoms with E-state index < -0.39 is 11.7 Å². The Kier molecular flexibility index (Phi) is 5.34. The highest BCUT2D eigenvalue weighted by Gasteiger charge is 2.22. The molecule has 0 bridgehead atoms. The predicted octanol–water partition coefficient (Wildman–Crippen LogP) is 5.21. The molecule has 0 saturated heterocycles. The first kappa shape index (κ1) is 18.6. The van der Waals surface area contributed by atoms with Crippen LogP contribution in [0, 0.1) is 11.7 Å². The first-order valence-electron chi connectivity index (χ1n) is 9.37. The summed E-state index contributed by atoms with van der Waals surface area (Å²) >= 11 is 1.40. The van der Waals surface area contributed by atoms with E-state index in [0.717, 1.165) is 30.4 Å². The van der Waals surface area contributed by atoms with Crippen molar-refractivity contribution in [2.45, 2.75) is 32.1 Å². The molecular weight excluding hydrogens is 377 g/mol. The fourth-order valence-corrected chi connectivity index (χ4v) is 4.32. The highest BCUT2D eigenvalue weighted by Crippen LogP contribution is 2.30. The minimum absolute atomic E-state index is 0.0127. The van der Waals surface area contributed by atoms with Crippen LogP contribution in [0.5, 0.6) is 0 Å². The molecule has 2 amide bonds. The van der Waals surface area contributed by atoms with Crippen molar-refractivity contribution in [1.82, 2.24) is 4.98 Å². The van der Waals surface area contributed by atoms with Crippen LogP contribution >= 0.6 is 11.3 Å². The number of thiazole rings is 1. The van der Waals surface area contributed by atoms with E-state index >= 15 is 0 Å². The van der Waals surface area contributed by atoms with Crippen LogP contribution in [0.4, 0.5) is 15.2 Å². The Labute approximate surface area is 166 Å². The molecule has 1 heterocycles. The Morgan fingerprint density at radius 1 is 1.04 bits per heavy atom. The molecule has 3 aromatic rings. The van der Waals surface area contributed by atoms with Gasteiger partial charge in [0.25, 0.3) is 5.91 Å². The SMILES string of the molecule is O=C(Nc1ccc2sc(NC(=O)C3CCCCC3)nc2c1)c1ccccc1F. The average molecular weight is 397 g/mol. The first-order chi connectivity index (χ1) is 13.6. The molecule has 1 aliphatic carbocycles. The third-order valence-corrected chi connectivity index (χ3v) is 5.92. The van der Waals surface area contributed by atoms with Crippen LogP contribution in [0.2, 0.25) is 0 Å². The number of carbonyl (C=O) groups is 2. The molecule has 0 unspecified atom stereocenters. The summed E-state index contributed by atoms with van der Waals surface area (Å²) in [7, 11) is 0. The molecule has 28 heavy (non-hydrogen) atoms. The summed E-state index contributed by atoms with van der Waals surface area (Å²) < 4.78 is 14.7. The van der Waals surface area contributed by atoms with Gasteiger partial charge in [0.15, 0.2) is 5.13 Å². The number of hydrogen-bond donors (Lipinski definition) is 2. The summed E-state index contributed by atoms with van der Waals surface area (Å²) in [5, 5.41) is 6.18. The molecule has 7 heteroatoms. The smallest absolute Gasteiger partial charge is 0.258 e. The second-order valence-electron chi connectivity index (χ2n) is 6.96. The summed E-state index contributed by atoms with van der Waals surface area (Å²) in [5.41, 5.74) is 1.19. The number of nitrogens with one attached hydrogen (secondary N) is 2. The van der Waals surface area contributed by atoms with Gasteiger partial charge in [-0.3, -0.25) is 9.59 Å². The van der Waals surface area contributed by atoms with Gasteiger partial charge in [0.2, 0.25) is 5.91 Å². The third kappa shape index (κ3) is 4.04. The maximum Gasteiger partial charge on any atom is 0.258 e. The Morgan fingerprint density at radius 2 is 1.82 bits per heavy atom. The van der Waals surface area contributed by atoms with Gasteiger partial charge in [-0.25, -0.2) is 9.37 Å². The Bertz CT molecular complexity index is 1030. The lowest BCUT2D eigenvalue weighted by molar-refractivity contribution is -0.120. The van der Waals surface area contributed by atoms with Crippen molar-refractivity contribution >= 4 is 44.2 Å². The largest absolute Gasteiger partial charge is 0.322 e. The van der Waals surface area contributed by atoms with Crippen molar-refractivity contribution in [2.24, 2.45) is 5.92 Å². The Morgan fingerprint density at radius 3 is 2.61 bits per heavy atom. The number of benzene rings is 2. The quantitative estimate of drug-likeness (QED) is 0.635. The summed E-state index contributed by atoms with van der Waals surface area (Å²) in [6, 6.07) is 11.1. The van der Waals surface area contributed by atoms with Gasteiger partial charge >= 0.3 is 0 Å². The zero-order chi connectivity index (χ0) is 19.5. The normalized spacial score (nSPS) is 14.8. The zero-order valence-corrected chi connectivity index (χ0v) is 16.0. The average Bonchev–Trinajstić information content (AvgIpc) is 3.10. The van der Waals surface area contributed by atoms with E-state index in [2.05, 4.69) is 15.6 Å². The number of halogens is 1. The molecule has 1 aliphatic rings. The standard InChI is InChI=1S/C21H20FN3O2S/c22-16-9-5-4-8-15(16)20(27)23-14-10-11-18-17(12-14)24-21(28-18)25-19(26)13-6-2-1-3-7-13/h4-5,8-13H,1-3,6-7H2,(H,23,27)(H,24,25,26). The molecule has 2 aromatic carbocycles. The van der Waals surface area contributed by atoms with Crippen LogP contribution in [0.15, 0.2) is 42.5 Å². The lowest BCUT2D eigenvalue weighted by Crippen LogP contribution is -2.24. The molecule has 4 rings (SSSR count). The number of hydrogen-bond acceptors (Lipinski definition) is 4. The molecule has 0 spiro atoms. The van der Waals surface area contributed by atoms with E-state index in [0.29, 0.717) is 16.3 Å². The molecule has 1 fully saturated rings. The van der Waals surface area contributed by atoms with E-state index in [1.165, 1.54) is 36.0 Å². The molecule has 5 nitrogen and oxygen atoms in total. The maximum absolute atomic E-state index is 13.8. The van der Waals surface area contributed by atoms with Gasteiger partial charge in [0, 0.05) is 11.6 Å². The molecule has 0 aliphatic heterocycles. The van der Waals surface area contributed by atoms with Gasteiger partial charge < -0.3 is 10.6 Å². The molecule has 0 radical (unpaired) electrons. The number of aromatic nitrogens is 1. The molecule has 1 saturated carbocycles. The second kappa shape index (κ2) is 8.06. The number of fused-ring (bicyclic) bond motifs is 1. The third-order valence-electron chi connectivity index (χ3n) is 4.97. The van der Waals surface area contributed by atoms with E-state index in [4.69, 9.17) is 0 Å². The second-order valence-corrected chi connectivity index (χ2v) is 7.99. The van der Waals surface area contributed by atoms with E-state index in [-0.39, 0.29) is 17.4 Å². The first-order valence-corrected chi connectivity index (χ1v) is 10.2. The topological polar surface area (TPSA) is 71.1 Å². The van der Waals surface area contributed by atoms with Gasteiger partial charge in [0.1, 0.15) is 5.82 Å². The minimum atomic E-state index is -0.567.